The van der Waals surface area contributed by atoms with E-state index in [4.69, 9.17) is 5.26 Å². The SMILES string of the molecule is CSC1CCCC(Nc2ccnc(C#N)c2)C1. The van der Waals surface area contributed by atoms with E-state index >= 15 is 0 Å². The number of hydrogen-bond acceptors (Lipinski definition) is 4. The Morgan fingerprint density at radius 1 is 1.53 bits per heavy atom. The lowest BCUT2D eigenvalue weighted by Crippen LogP contribution is -2.28. The smallest absolute Gasteiger partial charge is 0.142 e. The average molecular weight is 247 g/mol. The molecular weight excluding hydrogens is 230 g/mol. The molecule has 1 heterocycles. The van der Waals surface area contributed by atoms with Gasteiger partial charge in [-0.25, -0.2) is 4.98 Å². The summed E-state index contributed by atoms with van der Waals surface area (Å²) in [6.07, 6.45) is 8.94. The van der Waals surface area contributed by atoms with Gasteiger partial charge in [0, 0.05) is 23.2 Å². The molecule has 0 spiro atoms. The summed E-state index contributed by atoms with van der Waals surface area (Å²) in [5.41, 5.74) is 1.50. The van der Waals surface area contributed by atoms with Crippen molar-refractivity contribution >= 4 is 17.4 Å². The first-order chi connectivity index (χ1) is 8.31. The van der Waals surface area contributed by atoms with Crippen molar-refractivity contribution in [2.75, 3.05) is 11.6 Å². The fourth-order valence-electron chi connectivity index (χ4n) is 2.31. The van der Waals surface area contributed by atoms with E-state index in [1.165, 1.54) is 25.7 Å². The summed E-state index contributed by atoms with van der Waals surface area (Å²) >= 11 is 1.96. The van der Waals surface area contributed by atoms with Crippen LogP contribution in [0.1, 0.15) is 31.4 Å². The van der Waals surface area contributed by atoms with Crippen molar-refractivity contribution in [3.05, 3.63) is 24.0 Å². The maximum Gasteiger partial charge on any atom is 0.142 e. The molecule has 1 aromatic heterocycles. The summed E-state index contributed by atoms with van der Waals surface area (Å²) in [5, 5.41) is 13.1. The number of nitrogens with one attached hydrogen (secondary N) is 1. The number of nitriles is 1. The Labute approximate surface area is 107 Å². The quantitative estimate of drug-likeness (QED) is 0.892. The molecular formula is C13H17N3S. The number of thioether (sulfide) groups is 1. The number of nitrogens with zero attached hydrogens (tertiary/aromatic N) is 2. The van der Waals surface area contributed by atoms with Crippen molar-refractivity contribution in [3.63, 3.8) is 0 Å². The Kier molecular flexibility index (Phi) is 4.27. The van der Waals surface area contributed by atoms with E-state index in [1.807, 2.05) is 23.9 Å². The molecule has 0 amide bonds. The van der Waals surface area contributed by atoms with Gasteiger partial charge in [-0.15, -0.1) is 0 Å². The van der Waals surface area contributed by atoms with Crippen LogP contribution in [0, 0.1) is 11.3 Å². The van der Waals surface area contributed by atoms with E-state index in [2.05, 4.69) is 22.6 Å². The van der Waals surface area contributed by atoms with Crippen LogP contribution in [0.15, 0.2) is 18.3 Å². The average Bonchev–Trinajstić information content (AvgIpc) is 2.39. The zero-order valence-corrected chi connectivity index (χ0v) is 10.8. The van der Waals surface area contributed by atoms with Crippen LogP contribution in [-0.2, 0) is 0 Å². The largest absolute Gasteiger partial charge is 0.382 e. The van der Waals surface area contributed by atoms with E-state index in [-0.39, 0.29) is 0 Å². The van der Waals surface area contributed by atoms with Gasteiger partial charge in [-0.3, -0.25) is 0 Å². The van der Waals surface area contributed by atoms with Crippen molar-refractivity contribution in [2.45, 2.75) is 37.0 Å². The molecule has 2 unspecified atom stereocenters. The molecule has 17 heavy (non-hydrogen) atoms. The minimum Gasteiger partial charge on any atom is -0.382 e. The number of pyridine rings is 1. The lowest BCUT2D eigenvalue weighted by molar-refractivity contribution is 0.473. The molecule has 3 nitrogen and oxygen atoms in total. The highest BCUT2D eigenvalue weighted by Gasteiger charge is 2.20. The van der Waals surface area contributed by atoms with Crippen LogP contribution in [0.5, 0.6) is 0 Å². The predicted octanol–water partition coefficient (Wildman–Crippen LogP) is 3.04. The highest BCUT2D eigenvalue weighted by molar-refractivity contribution is 7.99. The second kappa shape index (κ2) is 5.92. The Bertz CT molecular complexity index is 413. The molecule has 0 saturated heterocycles. The molecule has 1 fully saturated rings. The van der Waals surface area contributed by atoms with Crippen LogP contribution in [0.25, 0.3) is 0 Å². The molecule has 0 aliphatic heterocycles. The summed E-state index contributed by atoms with van der Waals surface area (Å²) < 4.78 is 0. The van der Waals surface area contributed by atoms with Gasteiger partial charge in [0.05, 0.1) is 0 Å². The first-order valence-corrected chi connectivity index (χ1v) is 7.26. The number of rotatable bonds is 3. The fraction of sp³-hybridized carbons (Fsp3) is 0.538. The first kappa shape index (κ1) is 12.3. The zero-order valence-electron chi connectivity index (χ0n) is 10.0. The fourth-order valence-corrected chi connectivity index (χ4v) is 3.13. The summed E-state index contributed by atoms with van der Waals surface area (Å²) in [6, 6.07) is 6.36. The minimum absolute atomic E-state index is 0.479. The number of anilines is 1. The second-order valence-electron chi connectivity index (χ2n) is 4.41. The molecule has 0 radical (unpaired) electrons. The monoisotopic (exact) mass is 247 g/mol. The standard InChI is InChI=1S/C13H17N3S/c1-17-13-4-2-3-10(8-13)16-11-5-6-15-12(7-11)9-14/h5-7,10,13H,2-4,8H2,1H3,(H,15,16). The maximum atomic E-state index is 8.80. The van der Waals surface area contributed by atoms with Gasteiger partial charge in [-0.1, -0.05) is 6.42 Å². The summed E-state index contributed by atoms with van der Waals surface area (Å²) in [7, 11) is 0. The van der Waals surface area contributed by atoms with E-state index in [9.17, 15) is 0 Å². The van der Waals surface area contributed by atoms with Crippen molar-refractivity contribution < 1.29 is 0 Å². The first-order valence-electron chi connectivity index (χ1n) is 5.97. The van der Waals surface area contributed by atoms with Crippen LogP contribution < -0.4 is 5.32 Å². The van der Waals surface area contributed by atoms with Gasteiger partial charge < -0.3 is 5.32 Å². The lowest BCUT2D eigenvalue weighted by atomic mass is 9.95. The Morgan fingerprint density at radius 2 is 2.41 bits per heavy atom. The van der Waals surface area contributed by atoms with Crippen LogP contribution in [-0.4, -0.2) is 22.5 Å². The van der Waals surface area contributed by atoms with Gasteiger partial charge in [-0.05, 0) is 37.7 Å². The zero-order chi connectivity index (χ0) is 12.1. The topological polar surface area (TPSA) is 48.7 Å². The third kappa shape index (κ3) is 3.37. The summed E-state index contributed by atoms with van der Waals surface area (Å²) in [6.45, 7) is 0. The number of aromatic nitrogens is 1. The molecule has 90 valence electrons. The molecule has 2 atom stereocenters. The third-order valence-electron chi connectivity index (χ3n) is 3.20. The molecule has 1 aliphatic carbocycles. The van der Waals surface area contributed by atoms with Crippen LogP contribution in [0.3, 0.4) is 0 Å². The Hall–Kier alpha value is -1.21. The van der Waals surface area contributed by atoms with Gasteiger partial charge in [0.2, 0.25) is 0 Å². The third-order valence-corrected chi connectivity index (χ3v) is 4.30. The Balaban J connectivity index is 1.98. The Morgan fingerprint density at radius 3 is 3.18 bits per heavy atom. The normalized spacial score (nSPS) is 24.0. The van der Waals surface area contributed by atoms with Crippen LogP contribution in [0.2, 0.25) is 0 Å². The van der Waals surface area contributed by atoms with E-state index in [0.717, 1.165) is 10.9 Å². The summed E-state index contributed by atoms with van der Waals surface area (Å²) in [5.74, 6) is 0. The number of hydrogen-bond donors (Lipinski definition) is 1. The van der Waals surface area contributed by atoms with Crippen LogP contribution in [0.4, 0.5) is 5.69 Å². The molecule has 1 N–H and O–H groups in total. The van der Waals surface area contributed by atoms with Crippen LogP contribution >= 0.6 is 11.8 Å². The lowest BCUT2D eigenvalue weighted by Gasteiger charge is -2.29. The van der Waals surface area contributed by atoms with Gasteiger partial charge in [-0.2, -0.15) is 17.0 Å². The molecule has 0 bridgehead atoms. The van der Waals surface area contributed by atoms with Crippen molar-refractivity contribution in [1.82, 2.24) is 4.98 Å². The van der Waals surface area contributed by atoms with Gasteiger partial charge in [0.25, 0.3) is 0 Å². The van der Waals surface area contributed by atoms with Crippen molar-refractivity contribution in [1.29, 1.82) is 5.26 Å². The highest BCUT2D eigenvalue weighted by Crippen LogP contribution is 2.28. The second-order valence-corrected chi connectivity index (χ2v) is 5.55. The molecule has 1 saturated carbocycles. The minimum atomic E-state index is 0.479. The highest BCUT2D eigenvalue weighted by atomic mass is 32.2. The van der Waals surface area contributed by atoms with E-state index < -0.39 is 0 Å². The maximum absolute atomic E-state index is 8.80. The van der Waals surface area contributed by atoms with Gasteiger partial charge in [0.15, 0.2) is 0 Å². The molecule has 2 rings (SSSR count). The molecule has 0 aromatic carbocycles. The summed E-state index contributed by atoms with van der Waals surface area (Å²) in [4.78, 5) is 3.98. The molecule has 1 aromatic rings. The molecule has 1 aliphatic rings. The van der Waals surface area contributed by atoms with Crippen molar-refractivity contribution in [2.24, 2.45) is 0 Å². The van der Waals surface area contributed by atoms with E-state index in [0.29, 0.717) is 11.7 Å². The van der Waals surface area contributed by atoms with Gasteiger partial charge >= 0.3 is 0 Å². The predicted molar refractivity (Wildman–Crippen MR) is 72.1 cm³/mol. The van der Waals surface area contributed by atoms with Gasteiger partial charge in [0.1, 0.15) is 11.8 Å². The molecule has 4 heteroatoms. The van der Waals surface area contributed by atoms with E-state index in [1.54, 1.807) is 6.20 Å². The van der Waals surface area contributed by atoms with Crippen molar-refractivity contribution in [3.8, 4) is 6.07 Å².